The molecule has 0 spiro atoms. The van der Waals surface area contributed by atoms with Crippen molar-refractivity contribution in [2.75, 3.05) is 56.9 Å². The molecule has 0 unspecified atom stereocenters. The predicted molar refractivity (Wildman–Crippen MR) is 202 cm³/mol. The standard InChI is InChI=1S/C34H39N9O7S2/c1-52(48,49)43-31-20-29(42-37-23-44)10-11-30(31)41-34(47)40-28-9-3-8-27(19-28)39-32(45)18-24-5-2-7-26(17-24)33(46)36-13-15-51-16-14-38-50-22-25-6-4-12-35-21-25/h2-12,17,19-21,23,38,42-43H,13-16,18,22H2,1H3,(H,36,46)(H,37,44)(H,39,45)(H2,40,41,47). The summed E-state index contributed by atoms with van der Waals surface area (Å²) in [5.74, 6) is 0.963. The van der Waals surface area contributed by atoms with E-state index in [4.69, 9.17) is 4.84 Å². The number of benzene rings is 3. The SMILES string of the molecule is CS(=O)(=O)Nc1cc(NNC=O)ccc1NC(=O)Nc1cccc(NC(=O)Cc2cccc(C(=O)NCCSCCNOCc3cccnc3)c2)c1. The van der Waals surface area contributed by atoms with Gasteiger partial charge in [0.2, 0.25) is 22.3 Å². The Balaban J connectivity index is 1.20. The number of pyridine rings is 1. The zero-order valence-corrected chi connectivity index (χ0v) is 29.7. The second-order valence-corrected chi connectivity index (χ2v) is 14.0. The molecule has 18 heteroatoms. The quantitative estimate of drug-likeness (QED) is 0.0371. The first-order valence-electron chi connectivity index (χ1n) is 15.8. The topological polar surface area (TPSA) is 221 Å². The molecule has 274 valence electrons. The van der Waals surface area contributed by atoms with Crippen molar-refractivity contribution in [3.63, 3.8) is 0 Å². The number of carbonyl (C=O) groups excluding carboxylic acids is 4. The third-order valence-corrected chi connectivity index (χ3v) is 8.32. The van der Waals surface area contributed by atoms with E-state index in [0.717, 1.165) is 23.3 Å². The molecule has 8 N–H and O–H groups in total. The number of urea groups is 1. The van der Waals surface area contributed by atoms with Crippen LogP contribution < -0.4 is 42.3 Å². The van der Waals surface area contributed by atoms with Gasteiger partial charge in [-0.15, -0.1) is 0 Å². The first-order chi connectivity index (χ1) is 25.1. The largest absolute Gasteiger partial charge is 0.351 e. The number of carbonyl (C=O) groups is 4. The molecule has 1 heterocycles. The van der Waals surface area contributed by atoms with Crippen LogP contribution in [-0.2, 0) is 37.5 Å². The summed E-state index contributed by atoms with van der Waals surface area (Å²) < 4.78 is 26.1. The van der Waals surface area contributed by atoms with Gasteiger partial charge >= 0.3 is 6.03 Å². The van der Waals surface area contributed by atoms with Gasteiger partial charge in [0.1, 0.15) is 0 Å². The first-order valence-corrected chi connectivity index (χ1v) is 18.9. The van der Waals surface area contributed by atoms with Crippen LogP contribution in [0.1, 0.15) is 21.5 Å². The summed E-state index contributed by atoms with van der Waals surface area (Å²) in [6.45, 7) is 1.57. The number of sulfonamides is 1. The van der Waals surface area contributed by atoms with Gasteiger partial charge in [-0.1, -0.05) is 24.3 Å². The Morgan fingerprint density at radius 2 is 1.60 bits per heavy atom. The van der Waals surface area contributed by atoms with E-state index in [0.29, 0.717) is 54.3 Å². The number of nitrogens with zero attached hydrogens (tertiary/aromatic N) is 1. The summed E-state index contributed by atoms with van der Waals surface area (Å²) in [7, 11) is -3.70. The number of hydrogen-bond acceptors (Lipinski definition) is 11. The first kappa shape index (κ1) is 39.1. The van der Waals surface area contributed by atoms with Crippen molar-refractivity contribution in [3.05, 3.63) is 108 Å². The van der Waals surface area contributed by atoms with Crippen LogP contribution in [0.25, 0.3) is 0 Å². The smallest absolute Gasteiger partial charge is 0.323 e. The number of thioether (sulfide) groups is 1. The van der Waals surface area contributed by atoms with Gasteiger partial charge in [0.25, 0.3) is 5.91 Å². The lowest BCUT2D eigenvalue weighted by atomic mass is 10.1. The lowest BCUT2D eigenvalue weighted by molar-refractivity contribution is -0.115. The van der Waals surface area contributed by atoms with Gasteiger partial charge in [-0.25, -0.2) is 18.7 Å². The van der Waals surface area contributed by atoms with E-state index in [-0.39, 0.29) is 29.6 Å². The van der Waals surface area contributed by atoms with Crippen LogP contribution in [0, 0.1) is 0 Å². The van der Waals surface area contributed by atoms with E-state index in [1.165, 1.54) is 18.2 Å². The van der Waals surface area contributed by atoms with Gasteiger partial charge in [0.15, 0.2) is 0 Å². The van der Waals surface area contributed by atoms with Crippen molar-refractivity contribution in [3.8, 4) is 0 Å². The lowest BCUT2D eigenvalue weighted by Gasteiger charge is -2.15. The fraction of sp³-hybridized carbons (Fsp3) is 0.206. The molecule has 5 amide bonds. The maximum absolute atomic E-state index is 12.9. The molecule has 4 rings (SSSR count). The van der Waals surface area contributed by atoms with Gasteiger partial charge in [0, 0.05) is 53.9 Å². The second-order valence-electron chi connectivity index (χ2n) is 11.0. The summed E-state index contributed by atoms with van der Waals surface area (Å²) >= 11 is 1.67. The molecule has 0 aliphatic carbocycles. The molecule has 0 saturated heterocycles. The number of nitrogens with one attached hydrogen (secondary N) is 8. The molecule has 0 aliphatic heterocycles. The van der Waals surface area contributed by atoms with Crippen molar-refractivity contribution in [1.82, 2.24) is 21.2 Å². The van der Waals surface area contributed by atoms with Gasteiger partial charge < -0.3 is 21.3 Å². The highest BCUT2D eigenvalue weighted by Crippen LogP contribution is 2.27. The Kier molecular flexibility index (Phi) is 15.2. The van der Waals surface area contributed by atoms with Crippen LogP contribution in [-0.4, -0.2) is 68.5 Å². The van der Waals surface area contributed by atoms with Crippen molar-refractivity contribution in [2.24, 2.45) is 0 Å². The highest BCUT2D eigenvalue weighted by Gasteiger charge is 2.13. The summed E-state index contributed by atoms with van der Waals surface area (Å²) in [6.07, 6.45) is 4.83. The van der Waals surface area contributed by atoms with Gasteiger partial charge in [-0.2, -0.15) is 11.8 Å². The van der Waals surface area contributed by atoms with E-state index in [1.54, 1.807) is 72.7 Å². The third-order valence-electron chi connectivity index (χ3n) is 6.74. The minimum absolute atomic E-state index is 0.00824. The normalized spacial score (nSPS) is 10.8. The molecule has 4 aromatic rings. The van der Waals surface area contributed by atoms with Gasteiger partial charge in [0.05, 0.1) is 36.3 Å². The van der Waals surface area contributed by atoms with E-state index >= 15 is 0 Å². The van der Waals surface area contributed by atoms with Crippen LogP contribution >= 0.6 is 11.8 Å². The highest BCUT2D eigenvalue weighted by molar-refractivity contribution is 7.99. The van der Waals surface area contributed by atoms with Crippen molar-refractivity contribution in [2.45, 2.75) is 13.0 Å². The molecule has 0 bridgehead atoms. The number of hydroxylamine groups is 1. The van der Waals surface area contributed by atoms with E-state index < -0.39 is 16.1 Å². The Bertz CT molecular complexity index is 1930. The third kappa shape index (κ3) is 14.3. The molecular weight excluding hydrogens is 711 g/mol. The summed E-state index contributed by atoms with van der Waals surface area (Å²) in [6, 6.07) is 20.7. The molecular formula is C34H39N9O7S2. The fourth-order valence-electron chi connectivity index (χ4n) is 4.55. The summed E-state index contributed by atoms with van der Waals surface area (Å²) in [4.78, 5) is 58.4. The van der Waals surface area contributed by atoms with Crippen LogP contribution in [0.15, 0.2) is 91.3 Å². The lowest BCUT2D eigenvalue weighted by Crippen LogP contribution is -2.26. The average Bonchev–Trinajstić information content (AvgIpc) is 3.11. The Hall–Kier alpha value is -5.69. The maximum atomic E-state index is 12.9. The zero-order valence-electron chi connectivity index (χ0n) is 28.1. The van der Waals surface area contributed by atoms with Crippen LogP contribution in [0.3, 0.4) is 0 Å². The zero-order chi connectivity index (χ0) is 37.2. The van der Waals surface area contributed by atoms with E-state index in [9.17, 15) is 27.6 Å². The Morgan fingerprint density at radius 1 is 0.827 bits per heavy atom. The molecule has 0 atom stereocenters. The van der Waals surface area contributed by atoms with Crippen LogP contribution in [0.2, 0.25) is 0 Å². The molecule has 3 aromatic carbocycles. The fourth-order valence-corrected chi connectivity index (χ4v) is 5.79. The Morgan fingerprint density at radius 3 is 2.37 bits per heavy atom. The van der Waals surface area contributed by atoms with Crippen molar-refractivity contribution < 1.29 is 32.4 Å². The molecule has 52 heavy (non-hydrogen) atoms. The number of amides is 5. The van der Waals surface area contributed by atoms with Gasteiger partial charge in [-0.3, -0.25) is 39.8 Å². The number of rotatable bonds is 20. The molecule has 16 nitrogen and oxygen atoms in total. The summed E-state index contributed by atoms with van der Waals surface area (Å²) in [5.41, 5.74) is 11.1. The number of hydrogen-bond donors (Lipinski definition) is 8. The Labute approximate surface area is 305 Å². The molecule has 0 saturated carbocycles. The summed E-state index contributed by atoms with van der Waals surface area (Å²) in [5, 5.41) is 10.9. The van der Waals surface area contributed by atoms with Crippen LogP contribution in [0.5, 0.6) is 0 Å². The molecule has 0 radical (unpaired) electrons. The molecule has 1 aromatic heterocycles. The predicted octanol–water partition coefficient (Wildman–Crippen LogP) is 3.54. The maximum Gasteiger partial charge on any atom is 0.323 e. The average molecular weight is 750 g/mol. The minimum Gasteiger partial charge on any atom is -0.351 e. The molecule has 0 fully saturated rings. The second kappa shape index (κ2) is 20.2. The number of hydrazine groups is 1. The van der Waals surface area contributed by atoms with Gasteiger partial charge in [-0.05, 0) is 65.7 Å². The van der Waals surface area contributed by atoms with Crippen LogP contribution in [0.4, 0.5) is 33.2 Å². The van der Waals surface area contributed by atoms with E-state index in [1.807, 2.05) is 12.1 Å². The van der Waals surface area contributed by atoms with Crippen molar-refractivity contribution in [1.29, 1.82) is 0 Å². The molecule has 0 aliphatic rings. The van der Waals surface area contributed by atoms with E-state index in [2.05, 4.69) is 47.3 Å². The minimum atomic E-state index is -3.70. The van der Waals surface area contributed by atoms with Crippen molar-refractivity contribution >= 4 is 74.5 Å². The monoisotopic (exact) mass is 749 g/mol. The number of anilines is 5. The highest BCUT2D eigenvalue weighted by atomic mass is 32.2. The number of aromatic nitrogens is 1.